The van der Waals surface area contributed by atoms with E-state index in [0.717, 1.165) is 17.7 Å². The summed E-state index contributed by atoms with van der Waals surface area (Å²) in [5, 5.41) is 3.25. The van der Waals surface area contributed by atoms with Crippen LogP contribution in [0.5, 0.6) is 0 Å². The molecule has 0 aliphatic carbocycles. The van der Waals surface area contributed by atoms with E-state index in [-0.39, 0.29) is 24.2 Å². The first kappa shape index (κ1) is 16.1. The molecule has 0 amide bonds. The van der Waals surface area contributed by atoms with E-state index in [1.807, 2.05) is 38.1 Å². The summed E-state index contributed by atoms with van der Waals surface area (Å²) in [5.74, 6) is 0.173. The Bertz CT molecular complexity index is 485. The second-order valence-corrected chi connectivity index (χ2v) is 6.80. The van der Waals surface area contributed by atoms with Gasteiger partial charge < -0.3 is 10.1 Å². The minimum Gasteiger partial charge on any atom is -0.384 e. The van der Waals surface area contributed by atoms with Gasteiger partial charge in [0.1, 0.15) is 0 Å². The standard InChI is InChI=1S/C14H23NO3S/c1-4-15-14(11-19(16,17)10-9-18-3)13-8-6-5-7-12(13)2/h5-8,14-15H,4,9-11H2,1-3H3. The van der Waals surface area contributed by atoms with Gasteiger partial charge in [0, 0.05) is 13.2 Å². The zero-order chi connectivity index (χ0) is 14.3. The zero-order valence-electron chi connectivity index (χ0n) is 11.8. The molecule has 1 rings (SSSR count). The number of nitrogens with one attached hydrogen (secondary N) is 1. The van der Waals surface area contributed by atoms with E-state index in [4.69, 9.17) is 4.74 Å². The lowest BCUT2D eigenvalue weighted by molar-refractivity contribution is 0.217. The minimum atomic E-state index is -3.12. The summed E-state index contributed by atoms with van der Waals surface area (Å²) >= 11 is 0. The van der Waals surface area contributed by atoms with Gasteiger partial charge in [-0.25, -0.2) is 8.42 Å². The predicted molar refractivity (Wildman–Crippen MR) is 78.1 cm³/mol. The molecule has 4 nitrogen and oxygen atoms in total. The molecule has 0 aromatic heterocycles. The van der Waals surface area contributed by atoms with Crippen molar-refractivity contribution in [3.63, 3.8) is 0 Å². The normalized spacial score (nSPS) is 13.4. The van der Waals surface area contributed by atoms with Crippen LogP contribution in [-0.4, -0.2) is 40.2 Å². The summed E-state index contributed by atoms with van der Waals surface area (Å²) in [4.78, 5) is 0. The maximum atomic E-state index is 12.0. The van der Waals surface area contributed by atoms with Crippen molar-refractivity contribution in [3.8, 4) is 0 Å². The SMILES string of the molecule is CCNC(CS(=O)(=O)CCOC)c1ccccc1C. The van der Waals surface area contributed by atoms with Crippen molar-refractivity contribution in [2.24, 2.45) is 0 Å². The Morgan fingerprint density at radius 2 is 2.00 bits per heavy atom. The summed E-state index contributed by atoms with van der Waals surface area (Å²) in [7, 11) is -1.61. The van der Waals surface area contributed by atoms with Crippen LogP contribution < -0.4 is 5.32 Å². The van der Waals surface area contributed by atoms with E-state index < -0.39 is 9.84 Å². The molecule has 1 aromatic carbocycles. The van der Waals surface area contributed by atoms with Crippen LogP contribution in [0, 0.1) is 6.92 Å². The quantitative estimate of drug-likeness (QED) is 0.790. The van der Waals surface area contributed by atoms with Crippen molar-refractivity contribution in [3.05, 3.63) is 35.4 Å². The van der Waals surface area contributed by atoms with E-state index >= 15 is 0 Å². The van der Waals surface area contributed by atoms with Gasteiger partial charge in [0.25, 0.3) is 0 Å². The highest BCUT2D eigenvalue weighted by atomic mass is 32.2. The molecule has 0 saturated heterocycles. The molecule has 0 saturated carbocycles. The van der Waals surface area contributed by atoms with Crippen LogP contribution in [0.1, 0.15) is 24.1 Å². The molecule has 0 fully saturated rings. The Kier molecular flexibility index (Phi) is 6.48. The average Bonchev–Trinajstić information content (AvgIpc) is 2.36. The Hall–Kier alpha value is -0.910. The molecule has 19 heavy (non-hydrogen) atoms. The van der Waals surface area contributed by atoms with Gasteiger partial charge in [-0.15, -0.1) is 0 Å². The number of ether oxygens (including phenoxy) is 1. The Morgan fingerprint density at radius 3 is 2.58 bits per heavy atom. The molecule has 0 radical (unpaired) electrons. The van der Waals surface area contributed by atoms with Crippen molar-refractivity contribution in [1.82, 2.24) is 5.32 Å². The monoisotopic (exact) mass is 285 g/mol. The molecule has 5 heteroatoms. The molecule has 1 aromatic rings. The van der Waals surface area contributed by atoms with Gasteiger partial charge in [-0.05, 0) is 24.6 Å². The van der Waals surface area contributed by atoms with Gasteiger partial charge >= 0.3 is 0 Å². The number of aryl methyl sites for hydroxylation is 1. The molecule has 1 atom stereocenters. The number of benzene rings is 1. The zero-order valence-corrected chi connectivity index (χ0v) is 12.7. The fraction of sp³-hybridized carbons (Fsp3) is 0.571. The number of methoxy groups -OCH3 is 1. The first-order valence-electron chi connectivity index (χ1n) is 6.48. The van der Waals surface area contributed by atoms with Gasteiger partial charge in [0.05, 0.1) is 18.1 Å². The summed E-state index contributed by atoms with van der Waals surface area (Å²) in [6.07, 6.45) is 0. The summed E-state index contributed by atoms with van der Waals surface area (Å²) in [6, 6.07) is 7.72. The minimum absolute atomic E-state index is 0.0667. The molecule has 0 aliphatic heterocycles. The number of hydrogen-bond donors (Lipinski definition) is 1. The fourth-order valence-corrected chi connectivity index (χ4v) is 3.42. The van der Waals surface area contributed by atoms with Gasteiger partial charge in [-0.1, -0.05) is 31.2 Å². The number of rotatable bonds is 8. The molecule has 0 aliphatic rings. The Morgan fingerprint density at radius 1 is 1.32 bits per heavy atom. The van der Waals surface area contributed by atoms with Crippen LogP contribution in [0.3, 0.4) is 0 Å². The Balaban J connectivity index is 2.87. The highest BCUT2D eigenvalue weighted by Gasteiger charge is 2.21. The maximum Gasteiger partial charge on any atom is 0.154 e. The first-order chi connectivity index (χ1) is 9.00. The summed E-state index contributed by atoms with van der Waals surface area (Å²) in [6.45, 7) is 4.96. The highest BCUT2D eigenvalue weighted by molar-refractivity contribution is 7.91. The van der Waals surface area contributed by atoms with Crippen LogP contribution in [0.2, 0.25) is 0 Å². The van der Waals surface area contributed by atoms with Crippen LogP contribution in [0.4, 0.5) is 0 Å². The van der Waals surface area contributed by atoms with Crippen molar-refractivity contribution < 1.29 is 13.2 Å². The summed E-state index contributed by atoms with van der Waals surface area (Å²) < 4.78 is 28.9. The number of sulfone groups is 1. The van der Waals surface area contributed by atoms with Crippen LogP contribution >= 0.6 is 0 Å². The molecule has 1 N–H and O–H groups in total. The molecule has 1 unspecified atom stereocenters. The molecule has 0 heterocycles. The maximum absolute atomic E-state index is 12.0. The van der Waals surface area contributed by atoms with Gasteiger partial charge in [0.2, 0.25) is 0 Å². The second-order valence-electron chi connectivity index (χ2n) is 4.57. The topological polar surface area (TPSA) is 55.4 Å². The molecule has 0 spiro atoms. The van der Waals surface area contributed by atoms with Gasteiger partial charge in [-0.3, -0.25) is 0 Å². The second kappa shape index (κ2) is 7.62. The van der Waals surface area contributed by atoms with Crippen LogP contribution in [0.25, 0.3) is 0 Å². The van der Waals surface area contributed by atoms with E-state index in [1.165, 1.54) is 7.11 Å². The predicted octanol–water partition coefficient (Wildman–Crippen LogP) is 1.71. The third-order valence-corrected chi connectivity index (χ3v) is 4.66. The molecule has 108 valence electrons. The van der Waals surface area contributed by atoms with E-state index in [9.17, 15) is 8.42 Å². The lowest BCUT2D eigenvalue weighted by Gasteiger charge is -2.20. The van der Waals surface area contributed by atoms with E-state index in [1.54, 1.807) is 0 Å². The lowest BCUT2D eigenvalue weighted by Crippen LogP contribution is -2.30. The van der Waals surface area contributed by atoms with E-state index in [0.29, 0.717) is 0 Å². The third kappa shape index (κ3) is 5.30. The van der Waals surface area contributed by atoms with Crippen molar-refractivity contribution in [2.75, 3.05) is 31.8 Å². The van der Waals surface area contributed by atoms with Crippen LogP contribution in [-0.2, 0) is 14.6 Å². The van der Waals surface area contributed by atoms with Gasteiger partial charge in [0.15, 0.2) is 9.84 Å². The van der Waals surface area contributed by atoms with E-state index in [2.05, 4.69) is 5.32 Å². The van der Waals surface area contributed by atoms with Gasteiger partial charge in [-0.2, -0.15) is 0 Å². The molecular weight excluding hydrogens is 262 g/mol. The average molecular weight is 285 g/mol. The number of hydrogen-bond acceptors (Lipinski definition) is 4. The summed E-state index contributed by atoms with van der Waals surface area (Å²) in [5.41, 5.74) is 2.15. The third-order valence-electron chi connectivity index (χ3n) is 3.03. The van der Waals surface area contributed by atoms with Crippen molar-refractivity contribution in [1.29, 1.82) is 0 Å². The van der Waals surface area contributed by atoms with Crippen molar-refractivity contribution >= 4 is 9.84 Å². The highest BCUT2D eigenvalue weighted by Crippen LogP contribution is 2.19. The largest absolute Gasteiger partial charge is 0.384 e. The lowest BCUT2D eigenvalue weighted by atomic mass is 10.0. The van der Waals surface area contributed by atoms with Crippen molar-refractivity contribution in [2.45, 2.75) is 19.9 Å². The Labute approximate surface area is 116 Å². The smallest absolute Gasteiger partial charge is 0.154 e. The first-order valence-corrected chi connectivity index (χ1v) is 8.30. The molecule has 0 bridgehead atoms. The fourth-order valence-electron chi connectivity index (χ4n) is 2.03. The molecular formula is C14H23NO3S. The van der Waals surface area contributed by atoms with Crippen LogP contribution in [0.15, 0.2) is 24.3 Å².